The third-order valence-electron chi connectivity index (χ3n) is 4.88. The zero-order valence-electron chi connectivity index (χ0n) is 15.7. The predicted octanol–water partition coefficient (Wildman–Crippen LogP) is 4.90. The number of hydrogen-bond donors (Lipinski definition) is 3. The van der Waals surface area contributed by atoms with E-state index in [1.165, 1.54) is 0 Å². The summed E-state index contributed by atoms with van der Waals surface area (Å²) in [7, 11) is -3.78. The molecule has 0 amide bonds. The van der Waals surface area contributed by atoms with Crippen LogP contribution in [0, 0.1) is 0 Å². The van der Waals surface area contributed by atoms with Gasteiger partial charge in [-0.05, 0) is 35.2 Å². The maximum atomic E-state index is 13.1. The first-order chi connectivity index (χ1) is 13.3. The molecule has 5 nitrogen and oxygen atoms in total. The Labute approximate surface area is 164 Å². The van der Waals surface area contributed by atoms with Gasteiger partial charge in [0, 0.05) is 12.0 Å². The van der Waals surface area contributed by atoms with Crippen molar-refractivity contribution in [2.45, 2.75) is 31.5 Å². The van der Waals surface area contributed by atoms with E-state index < -0.39 is 19.0 Å². The first-order valence-corrected chi connectivity index (χ1v) is 11.0. The van der Waals surface area contributed by atoms with Crippen molar-refractivity contribution in [2.75, 3.05) is 0 Å². The quantitative estimate of drug-likeness (QED) is 0.471. The van der Waals surface area contributed by atoms with Crippen LogP contribution < -0.4 is 5.09 Å². The molecule has 0 radical (unpaired) electrons. The fourth-order valence-corrected chi connectivity index (χ4v) is 5.36. The SMILES string of the molecule is CC(CCC(=O)O)(NP(=O)(O)Cc1ccccc1)c1cccc2ccccc12. The maximum Gasteiger partial charge on any atom is 0.303 e. The number of benzene rings is 3. The molecule has 0 aromatic heterocycles. The largest absolute Gasteiger partial charge is 0.481 e. The molecule has 0 bridgehead atoms. The molecule has 3 aromatic carbocycles. The smallest absolute Gasteiger partial charge is 0.303 e. The number of hydrogen-bond acceptors (Lipinski definition) is 2. The Bertz CT molecular complexity index is 1020. The second kappa shape index (κ2) is 8.27. The van der Waals surface area contributed by atoms with Crippen LogP contribution in [-0.4, -0.2) is 16.0 Å². The number of carboxylic acids is 1. The lowest BCUT2D eigenvalue weighted by molar-refractivity contribution is -0.137. The Hall–Kier alpha value is -2.46. The molecule has 28 heavy (non-hydrogen) atoms. The maximum absolute atomic E-state index is 13.1. The first-order valence-electron chi connectivity index (χ1n) is 9.14. The summed E-state index contributed by atoms with van der Waals surface area (Å²) < 4.78 is 13.1. The predicted molar refractivity (Wildman–Crippen MR) is 111 cm³/mol. The number of fused-ring (bicyclic) bond motifs is 1. The van der Waals surface area contributed by atoms with Gasteiger partial charge in [-0.25, -0.2) is 5.09 Å². The van der Waals surface area contributed by atoms with Crippen LogP contribution >= 0.6 is 7.52 Å². The molecule has 0 aliphatic heterocycles. The first kappa shape index (κ1) is 20.3. The lowest BCUT2D eigenvalue weighted by Gasteiger charge is -2.34. The third-order valence-corrected chi connectivity index (χ3v) is 6.52. The van der Waals surface area contributed by atoms with Crippen LogP contribution in [0.3, 0.4) is 0 Å². The van der Waals surface area contributed by atoms with Crippen LogP contribution in [0.5, 0.6) is 0 Å². The fourth-order valence-electron chi connectivity index (χ4n) is 3.57. The summed E-state index contributed by atoms with van der Waals surface area (Å²) in [6.07, 6.45) is 0.0506. The van der Waals surface area contributed by atoms with Gasteiger partial charge in [0.2, 0.25) is 0 Å². The summed E-state index contributed by atoms with van der Waals surface area (Å²) in [5, 5.41) is 14.1. The Morgan fingerprint density at radius 3 is 2.36 bits per heavy atom. The summed E-state index contributed by atoms with van der Waals surface area (Å²) in [5.74, 6) is -0.941. The van der Waals surface area contributed by atoms with Crippen molar-refractivity contribution in [3.8, 4) is 0 Å². The molecule has 2 atom stereocenters. The fraction of sp³-hybridized carbons (Fsp3) is 0.227. The number of nitrogens with one attached hydrogen (secondary N) is 1. The van der Waals surface area contributed by atoms with E-state index in [1.807, 2.05) is 60.7 Å². The molecule has 3 N–H and O–H groups in total. The monoisotopic (exact) mass is 397 g/mol. The van der Waals surface area contributed by atoms with E-state index in [-0.39, 0.29) is 19.0 Å². The normalized spacial score (nSPS) is 15.6. The number of carboxylic acid groups (broad SMARTS) is 1. The molecule has 146 valence electrons. The molecule has 0 fully saturated rings. The average molecular weight is 397 g/mol. The minimum absolute atomic E-state index is 0.0265. The molecule has 6 heteroatoms. The average Bonchev–Trinajstić information content (AvgIpc) is 2.66. The van der Waals surface area contributed by atoms with Crippen molar-refractivity contribution in [3.05, 3.63) is 83.9 Å². The number of carbonyl (C=O) groups is 1. The third kappa shape index (κ3) is 4.87. The van der Waals surface area contributed by atoms with E-state index in [0.29, 0.717) is 0 Å². The van der Waals surface area contributed by atoms with E-state index in [0.717, 1.165) is 21.9 Å². The highest BCUT2D eigenvalue weighted by Gasteiger charge is 2.35. The van der Waals surface area contributed by atoms with E-state index in [1.54, 1.807) is 19.1 Å². The molecular weight excluding hydrogens is 373 g/mol. The molecule has 0 spiro atoms. The molecule has 0 saturated heterocycles. The highest BCUT2D eigenvalue weighted by molar-refractivity contribution is 7.55. The lowest BCUT2D eigenvalue weighted by Crippen LogP contribution is -2.38. The van der Waals surface area contributed by atoms with E-state index in [9.17, 15) is 19.4 Å². The van der Waals surface area contributed by atoms with Gasteiger partial charge in [0.1, 0.15) is 0 Å². The topological polar surface area (TPSA) is 86.6 Å². The lowest BCUT2D eigenvalue weighted by atomic mass is 9.85. The Morgan fingerprint density at radius 1 is 1.00 bits per heavy atom. The van der Waals surface area contributed by atoms with Gasteiger partial charge in [-0.2, -0.15) is 0 Å². The minimum Gasteiger partial charge on any atom is -0.481 e. The summed E-state index contributed by atoms with van der Waals surface area (Å²) in [6.45, 7) is 1.80. The van der Waals surface area contributed by atoms with Crippen LogP contribution in [0.4, 0.5) is 0 Å². The minimum atomic E-state index is -3.78. The zero-order valence-corrected chi connectivity index (χ0v) is 16.6. The highest BCUT2D eigenvalue weighted by atomic mass is 31.2. The van der Waals surface area contributed by atoms with E-state index in [4.69, 9.17) is 0 Å². The standard InChI is InChI=1S/C22H24NO4P/c1-22(15-14-21(24)25,20-13-7-11-18-10-5-6-12-19(18)20)23-28(26,27)16-17-8-3-2-4-9-17/h2-13H,14-16H2,1H3,(H,24,25)(H2,23,26,27). The molecule has 3 aromatic rings. The van der Waals surface area contributed by atoms with Gasteiger partial charge in [-0.15, -0.1) is 0 Å². The van der Waals surface area contributed by atoms with Gasteiger partial charge < -0.3 is 10.00 Å². The van der Waals surface area contributed by atoms with Gasteiger partial charge in [0.15, 0.2) is 0 Å². The molecule has 0 aliphatic carbocycles. The van der Waals surface area contributed by atoms with Crippen molar-refractivity contribution in [2.24, 2.45) is 0 Å². The van der Waals surface area contributed by atoms with Crippen LogP contribution in [0.15, 0.2) is 72.8 Å². The molecule has 2 unspecified atom stereocenters. The van der Waals surface area contributed by atoms with Crippen molar-refractivity contribution in [3.63, 3.8) is 0 Å². The second-order valence-electron chi connectivity index (χ2n) is 7.21. The Morgan fingerprint density at radius 2 is 1.64 bits per heavy atom. The zero-order chi connectivity index (χ0) is 20.2. The van der Waals surface area contributed by atoms with Crippen molar-refractivity contribution in [1.82, 2.24) is 5.09 Å². The molecule has 0 aliphatic rings. The number of aliphatic carboxylic acids is 1. The van der Waals surface area contributed by atoms with E-state index in [2.05, 4.69) is 5.09 Å². The van der Waals surface area contributed by atoms with Crippen molar-refractivity contribution in [1.29, 1.82) is 0 Å². The Balaban J connectivity index is 2.00. The van der Waals surface area contributed by atoms with Gasteiger partial charge >= 0.3 is 5.97 Å². The van der Waals surface area contributed by atoms with Gasteiger partial charge in [0.25, 0.3) is 7.52 Å². The second-order valence-corrected chi connectivity index (χ2v) is 9.15. The molecule has 0 saturated carbocycles. The Kier molecular flexibility index (Phi) is 5.99. The van der Waals surface area contributed by atoms with Crippen LogP contribution in [0.1, 0.15) is 30.9 Å². The van der Waals surface area contributed by atoms with Crippen molar-refractivity contribution < 1.29 is 19.4 Å². The summed E-state index contributed by atoms with van der Waals surface area (Å²) >= 11 is 0. The highest BCUT2D eigenvalue weighted by Crippen LogP contribution is 2.46. The number of rotatable bonds is 8. The van der Waals surface area contributed by atoms with Crippen LogP contribution in [0.25, 0.3) is 10.8 Å². The van der Waals surface area contributed by atoms with Crippen LogP contribution in [-0.2, 0) is 21.1 Å². The summed E-state index contributed by atoms with van der Waals surface area (Å²) in [5.41, 5.74) is 0.590. The van der Waals surface area contributed by atoms with Crippen LogP contribution in [0.2, 0.25) is 0 Å². The van der Waals surface area contributed by atoms with Crippen molar-refractivity contribution >= 4 is 24.3 Å². The van der Waals surface area contributed by atoms with Gasteiger partial charge in [0.05, 0.1) is 6.16 Å². The summed E-state index contributed by atoms with van der Waals surface area (Å²) in [4.78, 5) is 21.9. The van der Waals surface area contributed by atoms with Gasteiger partial charge in [-0.3, -0.25) is 9.36 Å². The molecule has 0 heterocycles. The summed E-state index contributed by atoms with van der Waals surface area (Å²) in [6, 6.07) is 22.6. The molecular formula is C22H24NO4P. The van der Waals surface area contributed by atoms with Gasteiger partial charge in [-0.1, -0.05) is 72.8 Å². The van der Waals surface area contributed by atoms with E-state index >= 15 is 0 Å². The molecule has 3 rings (SSSR count).